The number of hydrogen-bond acceptors (Lipinski definition) is 4. The van der Waals surface area contributed by atoms with E-state index in [4.69, 9.17) is 4.74 Å². The molecule has 5 heteroatoms. The van der Waals surface area contributed by atoms with Crippen molar-refractivity contribution in [2.75, 3.05) is 5.32 Å². The number of rotatable bonds is 4. The van der Waals surface area contributed by atoms with E-state index < -0.39 is 11.7 Å². The minimum Gasteiger partial charge on any atom is -0.444 e. The van der Waals surface area contributed by atoms with Gasteiger partial charge in [-0.3, -0.25) is 0 Å². The van der Waals surface area contributed by atoms with Crippen LogP contribution in [0.15, 0.2) is 24.3 Å². The molecule has 2 atom stereocenters. The van der Waals surface area contributed by atoms with Crippen LogP contribution in [-0.2, 0) is 11.3 Å². The average Bonchev–Trinajstić information content (AvgIpc) is 2.44. The maximum Gasteiger partial charge on any atom is 0.407 e. The van der Waals surface area contributed by atoms with Gasteiger partial charge in [0.05, 0.1) is 6.10 Å². The van der Waals surface area contributed by atoms with Crippen LogP contribution in [0.5, 0.6) is 0 Å². The van der Waals surface area contributed by atoms with E-state index >= 15 is 0 Å². The molecule has 1 amide bonds. The standard InChI is InChI=1S/C18H28N2O3/c1-17(2,3)23-16(22)19-11-12-8-6-7-9-13(12)20-14-10-15(21)18(14,4)5/h6-9,14-15,20-21H,10-11H2,1-5H3,(H,19,22). The van der Waals surface area contributed by atoms with Crippen LogP contribution in [0, 0.1) is 5.41 Å². The van der Waals surface area contributed by atoms with Crippen LogP contribution in [0.3, 0.4) is 0 Å². The molecule has 1 aromatic rings. The van der Waals surface area contributed by atoms with Gasteiger partial charge in [-0.1, -0.05) is 32.0 Å². The second-order valence-electron chi connectivity index (χ2n) is 7.78. The first-order valence-corrected chi connectivity index (χ1v) is 8.09. The third kappa shape index (κ3) is 4.38. The fourth-order valence-electron chi connectivity index (χ4n) is 2.63. The van der Waals surface area contributed by atoms with Crippen LogP contribution < -0.4 is 10.6 Å². The highest BCUT2D eigenvalue weighted by Crippen LogP contribution is 2.42. The molecule has 0 saturated heterocycles. The highest BCUT2D eigenvalue weighted by molar-refractivity contribution is 5.68. The zero-order valence-electron chi connectivity index (χ0n) is 14.6. The van der Waals surface area contributed by atoms with Crippen molar-refractivity contribution in [1.29, 1.82) is 0 Å². The summed E-state index contributed by atoms with van der Waals surface area (Å²) in [7, 11) is 0. The third-order valence-electron chi connectivity index (χ3n) is 4.39. The Morgan fingerprint density at radius 1 is 1.35 bits per heavy atom. The highest BCUT2D eigenvalue weighted by Gasteiger charge is 2.47. The SMILES string of the molecule is CC(C)(C)OC(=O)NCc1ccccc1NC1CC(O)C1(C)C. The number of ether oxygens (including phenoxy) is 1. The molecular weight excluding hydrogens is 292 g/mol. The van der Waals surface area contributed by atoms with Gasteiger partial charge in [0.1, 0.15) is 5.60 Å². The van der Waals surface area contributed by atoms with Gasteiger partial charge in [0.25, 0.3) is 0 Å². The van der Waals surface area contributed by atoms with Crippen LogP contribution in [-0.4, -0.2) is 28.9 Å². The molecule has 0 heterocycles. The number of carbonyl (C=O) groups is 1. The minimum atomic E-state index is -0.506. The molecule has 1 aliphatic rings. The normalized spacial score (nSPS) is 22.9. The number of para-hydroxylation sites is 1. The van der Waals surface area contributed by atoms with Gasteiger partial charge in [-0.15, -0.1) is 0 Å². The average molecular weight is 320 g/mol. The number of nitrogens with one attached hydrogen (secondary N) is 2. The number of hydrogen-bond donors (Lipinski definition) is 3. The van der Waals surface area contributed by atoms with Gasteiger partial charge in [-0.2, -0.15) is 0 Å². The van der Waals surface area contributed by atoms with Crippen LogP contribution in [0.1, 0.15) is 46.6 Å². The molecule has 0 aromatic heterocycles. The molecule has 128 valence electrons. The van der Waals surface area contributed by atoms with Crippen LogP contribution in [0.4, 0.5) is 10.5 Å². The third-order valence-corrected chi connectivity index (χ3v) is 4.39. The first-order valence-electron chi connectivity index (χ1n) is 8.09. The van der Waals surface area contributed by atoms with E-state index in [1.54, 1.807) is 0 Å². The maximum atomic E-state index is 11.8. The van der Waals surface area contributed by atoms with Crippen molar-refractivity contribution >= 4 is 11.8 Å². The lowest BCUT2D eigenvalue weighted by Gasteiger charge is -2.50. The summed E-state index contributed by atoms with van der Waals surface area (Å²) in [6.07, 6.45) is 0.0413. The van der Waals surface area contributed by atoms with Crippen molar-refractivity contribution in [3.05, 3.63) is 29.8 Å². The van der Waals surface area contributed by atoms with Crippen molar-refractivity contribution in [1.82, 2.24) is 5.32 Å². The zero-order valence-corrected chi connectivity index (χ0v) is 14.6. The summed E-state index contributed by atoms with van der Waals surface area (Å²) in [5, 5.41) is 16.1. The molecule has 0 spiro atoms. The summed E-state index contributed by atoms with van der Waals surface area (Å²) in [5.41, 5.74) is 1.32. The Kier molecular flexibility index (Phi) is 4.90. The molecule has 3 N–H and O–H groups in total. The lowest BCUT2D eigenvalue weighted by molar-refractivity contribution is -0.0510. The fraction of sp³-hybridized carbons (Fsp3) is 0.611. The molecule has 2 unspecified atom stereocenters. The minimum absolute atomic E-state index is 0.147. The number of amides is 1. The molecule has 1 saturated carbocycles. The second-order valence-corrected chi connectivity index (χ2v) is 7.78. The number of carbonyl (C=O) groups excluding carboxylic acids is 1. The molecule has 0 radical (unpaired) electrons. The maximum absolute atomic E-state index is 11.8. The van der Waals surface area contributed by atoms with Crippen LogP contribution in [0.2, 0.25) is 0 Å². The lowest BCUT2D eigenvalue weighted by atomic mass is 9.64. The fourth-order valence-corrected chi connectivity index (χ4v) is 2.63. The van der Waals surface area contributed by atoms with Crippen molar-refractivity contribution in [3.63, 3.8) is 0 Å². The van der Waals surface area contributed by atoms with Crippen molar-refractivity contribution < 1.29 is 14.6 Å². The zero-order chi connectivity index (χ0) is 17.3. The molecule has 0 bridgehead atoms. The van der Waals surface area contributed by atoms with E-state index in [1.807, 2.05) is 45.0 Å². The molecule has 1 aliphatic carbocycles. The van der Waals surface area contributed by atoms with E-state index in [0.717, 1.165) is 17.7 Å². The summed E-state index contributed by atoms with van der Waals surface area (Å²) in [6, 6.07) is 8.09. The van der Waals surface area contributed by atoms with Crippen molar-refractivity contribution in [3.8, 4) is 0 Å². The van der Waals surface area contributed by atoms with Crippen LogP contribution in [0.25, 0.3) is 0 Å². The molecule has 1 aromatic carbocycles. The van der Waals surface area contributed by atoms with Gasteiger partial charge >= 0.3 is 6.09 Å². The van der Waals surface area contributed by atoms with Gasteiger partial charge in [-0.25, -0.2) is 4.79 Å². The van der Waals surface area contributed by atoms with Gasteiger partial charge in [-0.05, 0) is 38.8 Å². The molecular formula is C18H28N2O3. The van der Waals surface area contributed by atoms with Gasteiger partial charge in [0.15, 0.2) is 0 Å². The highest BCUT2D eigenvalue weighted by atomic mass is 16.6. The largest absolute Gasteiger partial charge is 0.444 e. The quantitative estimate of drug-likeness (QED) is 0.796. The number of alkyl carbamates (subject to hydrolysis) is 1. The van der Waals surface area contributed by atoms with Crippen molar-refractivity contribution in [2.45, 2.75) is 65.3 Å². The Bertz CT molecular complexity index is 564. The van der Waals surface area contributed by atoms with E-state index in [2.05, 4.69) is 24.5 Å². The monoisotopic (exact) mass is 320 g/mol. The van der Waals surface area contributed by atoms with E-state index in [-0.39, 0.29) is 17.6 Å². The summed E-state index contributed by atoms with van der Waals surface area (Å²) >= 11 is 0. The summed E-state index contributed by atoms with van der Waals surface area (Å²) < 4.78 is 5.26. The van der Waals surface area contributed by atoms with Gasteiger partial charge < -0.3 is 20.5 Å². The van der Waals surface area contributed by atoms with Gasteiger partial charge in [0, 0.05) is 23.7 Å². The van der Waals surface area contributed by atoms with E-state index in [0.29, 0.717) is 6.54 Å². The molecule has 5 nitrogen and oxygen atoms in total. The summed E-state index contributed by atoms with van der Waals surface area (Å²) in [5.74, 6) is 0. The van der Waals surface area contributed by atoms with Crippen LogP contribution >= 0.6 is 0 Å². The summed E-state index contributed by atoms with van der Waals surface area (Å²) in [6.45, 7) is 10.0. The smallest absolute Gasteiger partial charge is 0.407 e. The molecule has 0 aliphatic heterocycles. The molecule has 2 rings (SSSR count). The molecule has 23 heavy (non-hydrogen) atoms. The Balaban J connectivity index is 1.97. The number of aliphatic hydroxyl groups is 1. The lowest BCUT2D eigenvalue weighted by Crippen LogP contribution is -2.57. The van der Waals surface area contributed by atoms with E-state index in [9.17, 15) is 9.90 Å². The Morgan fingerprint density at radius 2 is 2.00 bits per heavy atom. The number of benzene rings is 1. The number of aliphatic hydroxyl groups excluding tert-OH is 1. The van der Waals surface area contributed by atoms with Crippen molar-refractivity contribution in [2.24, 2.45) is 5.41 Å². The first-order chi connectivity index (χ1) is 10.6. The van der Waals surface area contributed by atoms with E-state index in [1.165, 1.54) is 0 Å². The Morgan fingerprint density at radius 3 is 2.57 bits per heavy atom. The number of anilines is 1. The predicted octanol–water partition coefficient (Wildman–Crippen LogP) is 3.28. The van der Waals surface area contributed by atoms with Gasteiger partial charge in [0.2, 0.25) is 0 Å². The summed E-state index contributed by atoms with van der Waals surface area (Å²) in [4.78, 5) is 11.8. The Labute approximate surface area is 138 Å². The predicted molar refractivity (Wildman–Crippen MR) is 91.3 cm³/mol. The molecule has 1 fully saturated rings. The first kappa shape index (κ1) is 17.6. The second kappa shape index (κ2) is 6.40. The topological polar surface area (TPSA) is 70.6 Å². The Hall–Kier alpha value is -1.75.